The monoisotopic (exact) mass is 310 g/mol. The van der Waals surface area contributed by atoms with Crippen molar-refractivity contribution in [1.29, 1.82) is 0 Å². The summed E-state index contributed by atoms with van der Waals surface area (Å²) in [4.78, 5) is 12.0. The van der Waals surface area contributed by atoms with Gasteiger partial charge in [-0.3, -0.25) is 0 Å². The van der Waals surface area contributed by atoms with Gasteiger partial charge in [0.2, 0.25) is 0 Å². The molecule has 0 spiro atoms. The molecule has 0 saturated carbocycles. The lowest BCUT2D eigenvalue weighted by atomic mass is 10.1. The van der Waals surface area contributed by atoms with Crippen molar-refractivity contribution in [3.8, 4) is 0 Å². The van der Waals surface area contributed by atoms with E-state index in [2.05, 4.69) is 10.6 Å². The van der Waals surface area contributed by atoms with Gasteiger partial charge < -0.3 is 10.6 Å². The average molecular weight is 311 g/mol. The number of anilines is 1. The quantitative estimate of drug-likeness (QED) is 0.716. The molecular formula is C18H15ClN2O. The van der Waals surface area contributed by atoms with Crippen molar-refractivity contribution >= 4 is 34.1 Å². The van der Waals surface area contributed by atoms with Gasteiger partial charge in [-0.25, -0.2) is 4.79 Å². The SMILES string of the molecule is O=C(NCc1cccc(Cl)c1)Nc1ccc2ccccc2c1. The Morgan fingerprint density at radius 2 is 1.73 bits per heavy atom. The summed E-state index contributed by atoms with van der Waals surface area (Å²) in [5.74, 6) is 0. The van der Waals surface area contributed by atoms with Crippen molar-refractivity contribution < 1.29 is 4.79 Å². The molecule has 22 heavy (non-hydrogen) atoms. The number of amides is 2. The van der Waals surface area contributed by atoms with Crippen molar-refractivity contribution in [1.82, 2.24) is 5.32 Å². The molecule has 0 heterocycles. The lowest BCUT2D eigenvalue weighted by molar-refractivity contribution is 0.251. The van der Waals surface area contributed by atoms with Gasteiger partial charge in [-0.05, 0) is 40.6 Å². The highest BCUT2D eigenvalue weighted by Gasteiger charge is 2.03. The number of hydrogen-bond donors (Lipinski definition) is 2. The van der Waals surface area contributed by atoms with Crippen molar-refractivity contribution in [3.63, 3.8) is 0 Å². The molecule has 3 aromatic rings. The highest BCUT2D eigenvalue weighted by Crippen LogP contribution is 2.18. The molecule has 0 bridgehead atoms. The van der Waals surface area contributed by atoms with Crippen LogP contribution in [0.5, 0.6) is 0 Å². The van der Waals surface area contributed by atoms with Crippen LogP contribution in [0, 0.1) is 0 Å². The summed E-state index contributed by atoms with van der Waals surface area (Å²) in [5, 5.41) is 8.55. The summed E-state index contributed by atoms with van der Waals surface area (Å²) in [6.07, 6.45) is 0. The summed E-state index contributed by atoms with van der Waals surface area (Å²) < 4.78 is 0. The molecular weight excluding hydrogens is 296 g/mol. The number of fused-ring (bicyclic) bond motifs is 1. The van der Waals surface area contributed by atoms with Gasteiger partial charge in [-0.1, -0.05) is 54.1 Å². The van der Waals surface area contributed by atoms with Crippen LogP contribution in [0.15, 0.2) is 66.7 Å². The van der Waals surface area contributed by atoms with E-state index in [0.717, 1.165) is 22.0 Å². The Hall–Kier alpha value is -2.52. The van der Waals surface area contributed by atoms with Crippen molar-refractivity contribution in [2.24, 2.45) is 0 Å². The van der Waals surface area contributed by atoms with Crippen LogP contribution in [-0.4, -0.2) is 6.03 Å². The smallest absolute Gasteiger partial charge is 0.319 e. The zero-order valence-corrected chi connectivity index (χ0v) is 12.6. The average Bonchev–Trinajstić information content (AvgIpc) is 2.53. The van der Waals surface area contributed by atoms with E-state index in [1.807, 2.05) is 60.7 Å². The summed E-state index contributed by atoms with van der Waals surface area (Å²) in [6, 6.07) is 21.0. The Morgan fingerprint density at radius 1 is 0.909 bits per heavy atom. The molecule has 3 aromatic carbocycles. The molecule has 0 unspecified atom stereocenters. The van der Waals surface area contributed by atoms with Crippen LogP contribution in [0.1, 0.15) is 5.56 Å². The predicted molar refractivity (Wildman–Crippen MR) is 91.3 cm³/mol. The highest BCUT2D eigenvalue weighted by molar-refractivity contribution is 6.30. The highest BCUT2D eigenvalue weighted by atomic mass is 35.5. The number of urea groups is 1. The predicted octanol–water partition coefficient (Wildman–Crippen LogP) is 4.81. The maximum atomic E-state index is 12.0. The van der Waals surface area contributed by atoms with Crippen molar-refractivity contribution in [2.45, 2.75) is 6.54 Å². The molecule has 2 N–H and O–H groups in total. The summed E-state index contributed by atoms with van der Waals surface area (Å²) >= 11 is 5.92. The Bertz CT molecular complexity index is 817. The molecule has 0 aliphatic carbocycles. The minimum atomic E-state index is -0.241. The number of benzene rings is 3. The molecule has 0 radical (unpaired) electrons. The van der Waals surface area contributed by atoms with Gasteiger partial charge in [0.25, 0.3) is 0 Å². The molecule has 0 atom stereocenters. The topological polar surface area (TPSA) is 41.1 Å². The lowest BCUT2D eigenvalue weighted by Crippen LogP contribution is -2.28. The van der Waals surface area contributed by atoms with Crippen LogP contribution in [0.3, 0.4) is 0 Å². The minimum absolute atomic E-state index is 0.241. The second-order valence-electron chi connectivity index (χ2n) is 5.00. The summed E-state index contributed by atoms with van der Waals surface area (Å²) in [6.45, 7) is 0.431. The van der Waals surface area contributed by atoms with E-state index in [1.54, 1.807) is 6.07 Å². The van der Waals surface area contributed by atoms with Gasteiger partial charge in [0.15, 0.2) is 0 Å². The van der Waals surface area contributed by atoms with E-state index >= 15 is 0 Å². The number of rotatable bonds is 3. The first kappa shape index (κ1) is 14.4. The first-order valence-corrected chi connectivity index (χ1v) is 7.36. The first-order chi connectivity index (χ1) is 10.7. The maximum absolute atomic E-state index is 12.0. The number of nitrogens with one attached hydrogen (secondary N) is 2. The van der Waals surface area contributed by atoms with E-state index in [0.29, 0.717) is 11.6 Å². The Labute approximate surface area is 133 Å². The first-order valence-electron chi connectivity index (χ1n) is 6.99. The van der Waals surface area contributed by atoms with Gasteiger partial charge in [-0.2, -0.15) is 0 Å². The minimum Gasteiger partial charge on any atom is -0.334 e. The van der Waals surface area contributed by atoms with Crippen molar-refractivity contribution in [2.75, 3.05) is 5.32 Å². The second kappa shape index (κ2) is 6.50. The van der Waals surface area contributed by atoms with Gasteiger partial charge in [0.05, 0.1) is 0 Å². The third-order valence-corrected chi connectivity index (χ3v) is 3.58. The number of carbonyl (C=O) groups excluding carboxylic acids is 1. The number of carbonyl (C=O) groups is 1. The lowest BCUT2D eigenvalue weighted by Gasteiger charge is -2.09. The van der Waals surface area contributed by atoms with Crippen molar-refractivity contribution in [3.05, 3.63) is 77.3 Å². The Balaban J connectivity index is 1.63. The number of hydrogen-bond acceptors (Lipinski definition) is 1. The van der Waals surface area contributed by atoms with E-state index in [-0.39, 0.29) is 6.03 Å². The van der Waals surface area contributed by atoms with Crippen LogP contribution >= 0.6 is 11.6 Å². The van der Waals surface area contributed by atoms with Gasteiger partial charge in [0.1, 0.15) is 0 Å². The van der Waals surface area contributed by atoms with Gasteiger partial charge >= 0.3 is 6.03 Å². The van der Waals surface area contributed by atoms with Gasteiger partial charge in [0, 0.05) is 17.3 Å². The summed E-state index contributed by atoms with van der Waals surface area (Å²) in [7, 11) is 0. The second-order valence-corrected chi connectivity index (χ2v) is 5.44. The fourth-order valence-corrected chi connectivity index (χ4v) is 2.48. The maximum Gasteiger partial charge on any atom is 0.319 e. The van der Waals surface area contributed by atoms with Crippen LogP contribution < -0.4 is 10.6 Å². The third-order valence-electron chi connectivity index (χ3n) is 3.35. The zero-order chi connectivity index (χ0) is 15.4. The third kappa shape index (κ3) is 3.57. The summed E-state index contributed by atoms with van der Waals surface area (Å²) in [5.41, 5.74) is 1.73. The molecule has 3 rings (SSSR count). The largest absolute Gasteiger partial charge is 0.334 e. The zero-order valence-electron chi connectivity index (χ0n) is 11.8. The van der Waals surface area contributed by atoms with E-state index in [1.165, 1.54) is 0 Å². The van der Waals surface area contributed by atoms with E-state index < -0.39 is 0 Å². The molecule has 0 saturated heterocycles. The van der Waals surface area contributed by atoms with Crippen LogP contribution in [-0.2, 0) is 6.54 Å². The Kier molecular flexibility index (Phi) is 4.26. The normalized spacial score (nSPS) is 10.4. The molecule has 110 valence electrons. The van der Waals surface area contributed by atoms with Crippen LogP contribution in [0.4, 0.5) is 10.5 Å². The van der Waals surface area contributed by atoms with E-state index in [4.69, 9.17) is 11.6 Å². The molecule has 0 fully saturated rings. The molecule has 0 aromatic heterocycles. The molecule has 0 aliphatic rings. The molecule has 4 heteroatoms. The van der Waals surface area contributed by atoms with Gasteiger partial charge in [-0.15, -0.1) is 0 Å². The fraction of sp³-hybridized carbons (Fsp3) is 0.0556. The molecule has 2 amide bonds. The Morgan fingerprint density at radius 3 is 2.55 bits per heavy atom. The molecule has 0 aliphatic heterocycles. The van der Waals surface area contributed by atoms with E-state index in [9.17, 15) is 4.79 Å². The standard InChI is InChI=1S/C18H15ClN2O/c19-16-7-3-4-13(10-16)12-20-18(22)21-17-9-8-14-5-1-2-6-15(14)11-17/h1-11H,12H2,(H2,20,21,22). The number of halogens is 1. The van der Waals surface area contributed by atoms with Crippen LogP contribution in [0.2, 0.25) is 5.02 Å². The molecule has 3 nitrogen and oxygen atoms in total. The van der Waals surface area contributed by atoms with Crippen LogP contribution in [0.25, 0.3) is 10.8 Å². The fourth-order valence-electron chi connectivity index (χ4n) is 2.27.